The number of hydrogen-bond donors (Lipinski definition) is 1. The van der Waals surface area contributed by atoms with Crippen molar-refractivity contribution in [3.63, 3.8) is 0 Å². The quantitative estimate of drug-likeness (QED) is 0.845. The highest BCUT2D eigenvalue weighted by molar-refractivity contribution is 9.09. The van der Waals surface area contributed by atoms with Crippen LogP contribution in [0.4, 0.5) is 0 Å². The molecule has 0 aliphatic heterocycles. The van der Waals surface area contributed by atoms with Crippen LogP contribution in [0.1, 0.15) is 24.2 Å². The first-order valence-corrected chi connectivity index (χ1v) is 6.39. The van der Waals surface area contributed by atoms with Gasteiger partial charge >= 0.3 is 0 Å². The van der Waals surface area contributed by atoms with E-state index in [1.165, 1.54) is 0 Å². The third-order valence-electron chi connectivity index (χ3n) is 2.04. The molecule has 0 saturated carbocycles. The van der Waals surface area contributed by atoms with E-state index in [1.54, 1.807) is 12.1 Å². The van der Waals surface area contributed by atoms with Crippen molar-refractivity contribution in [2.24, 2.45) is 0 Å². The Bertz CT molecular complexity index is 355. The Kier molecular flexibility index (Phi) is 5.32. The van der Waals surface area contributed by atoms with Crippen LogP contribution in [-0.2, 0) is 0 Å². The SMILES string of the molecule is CCOc1ccccc1C(=O)NC(C)CBr. The van der Waals surface area contributed by atoms with Crippen LogP contribution in [0.2, 0.25) is 0 Å². The molecule has 0 radical (unpaired) electrons. The van der Waals surface area contributed by atoms with E-state index >= 15 is 0 Å². The largest absolute Gasteiger partial charge is 0.493 e. The lowest BCUT2D eigenvalue weighted by Gasteiger charge is -2.13. The molecule has 0 bridgehead atoms. The van der Waals surface area contributed by atoms with Crippen LogP contribution in [0.15, 0.2) is 24.3 Å². The van der Waals surface area contributed by atoms with Crippen molar-refractivity contribution in [2.75, 3.05) is 11.9 Å². The van der Waals surface area contributed by atoms with Crippen LogP contribution >= 0.6 is 15.9 Å². The standard InChI is InChI=1S/C12H16BrNO2/c1-3-16-11-7-5-4-6-10(11)12(15)14-9(2)8-13/h4-7,9H,3,8H2,1-2H3,(H,14,15). The molecule has 0 spiro atoms. The third kappa shape index (κ3) is 3.52. The highest BCUT2D eigenvalue weighted by Gasteiger charge is 2.13. The molecule has 1 unspecified atom stereocenters. The normalized spacial score (nSPS) is 11.9. The summed E-state index contributed by atoms with van der Waals surface area (Å²) in [7, 11) is 0. The molecule has 0 aromatic heterocycles. The minimum absolute atomic E-state index is 0.0992. The number of rotatable bonds is 5. The lowest BCUT2D eigenvalue weighted by atomic mass is 10.2. The minimum atomic E-state index is -0.101. The van der Waals surface area contributed by atoms with E-state index in [4.69, 9.17) is 4.74 Å². The molecule has 1 aromatic rings. The molecule has 88 valence electrons. The molecule has 0 aliphatic carbocycles. The van der Waals surface area contributed by atoms with Gasteiger partial charge in [-0.05, 0) is 26.0 Å². The zero-order valence-corrected chi connectivity index (χ0v) is 11.1. The highest BCUT2D eigenvalue weighted by Crippen LogP contribution is 2.17. The van der Waals surface area contributed by atoms with Gasteiger partial charge in [0.05, 0.1) is 12.2 Å². The number of carbonyl (C=O) groups is 1. The molecule has 0 saturated heterocycles. The molecule has 0 fully saturated rings. The van der Waals surface area contributed by atoms with E-state index in [9.17, 15) is 4.79 Å². The van der Waals surface area contributed by atoms with Gasteiger partial charge in [-0.15, -0.1) is 0 Å². The van der Waals surface area contributed by atoms with Crippen molar-refractivity contribution in [1.29, 1.82) is 0 Å². The predicted molar refractivity (Wildman–Crippen MR) is 68.3 cm³/mol. The lowest BCUT2D eigenvalue weighted by molar-refractivity contribution is 0.0940. The van der Waals surface area contributed by atoms with Gasteiger partial charge in [-0.3, -0.25) is 4.79 Å². The number of alkyl halides is 1. The third-order valence-corrected chi connectivity index (χ3v) is 3.01. The lowest BCUT2D eigenvalue weighted by Crippen LogP contribution is -2.33. The predicted octanol–water partition coefficient (Wildman–Crippen LogP) is 2.60. The van der Waals surface area contributed by atoms with E-state index in [-0.39, 0.29) is 11.9 Å². The van der Waals surface area contributed by atoms with Gasteiger partial charge in [-0.2, -0.15) is 0 Å². The number of para-hydroxylation sites is 1. The summed E-state index contributed by atoms with van der Waals surface area (Å²) in [6, 6.07) is 7.35. The Morgan fingerprint density at radius 1 is 1.50 bits per heavy atom. The average molecular weight is 286 g/mol. The molecule has 16 heavy (non-hydrogen) atoms. The summed E-state index contributed by atoms with van der Waals surface area (Å²) in [6.07, 6.45) is 0. The maximum Gasteiger partial charge on any atom is 0.255 e. The Morgan fingerprint density at radius 3 is 2.81 bits per heavy atom. The Morgan fingerprint density at radius 2 is 2.19 bits per heavy atom. The minimum Gasteiger partial charge on any atom is -0.493 e. The van der Waals surface area contributed by atoms with Crippen molar-refractivity contribution in [2.45, 2.75) is 19.9 Å². The second-order valence-corrected chi connectivity index (χ2v) is 4.11. The Hall–Kier alpha value is -1.03. The van der Waals surface area contributed by atoms with Crippen LogP contribution in [-0.4, -0.2) is 23.9 Å². The van der Waals surface area contributed by atoms with Crippen LogP contribution in [0.5, 0.6) is 5.75 Å². The summed E-state index contributed by atoms with van der Waals surface area (Å²) >= 11 is 3.32. The topological polar surface area (TPSA) is 38.3 Å². The summed E-state index contributed by atoms with van der Waals surface area (Å²) in [5.41, 5.74) is 0.581. The summed E-state index contributed by atoms with van der Waals surface area (Å²) in [5, 5.41) is 3.61. The number of benzene rings is 1. The first-order valence-electron chi connectivity index (χ1n) is 5.27. The molecule has 1 rings (SSSR count). The Labute approximate surface area is 104 Å². The molecule has 0 heterocycles. The summed E-state index contributed by atoms with van der Waals surface area (Å²) < 4.78 is 5.40. The number of amides is 1. The van der Waals surface area contributed by atoms with Gasteiger partial charge in [0.25, 0.3) is 5.91 Å². The first kappa shape index (κ1) is 13.0. The molecule has 1 atom stereocenters. The zero-order valence-electron chi connectivity index (χ0n) is 9.50. The van der Waals surface area contributed by atoms with E-state index in [0.717, 1.165) is 5.33 Å². The van der Waals surface area contributed by atoms with Gasteiger partial charge in [0.1, 0.15) is 5.75 Å². The van der Waals surface area contributed by atoms with Gasteiger partial charge < -0.3 is 10.1 Å². The first-order chi connectivity index (χ1) is 7.69. The van der Waals surface area contributed by atoms with Gasteiger partial charge in [0, 0.05) is 11.4 Å². The number of carbonyl (C=O) groups excluding carboxylic acids is 1. The van der Waals surface area contributed by atoms with Crippen molar-refractivity contribution >= 4 is 21.8 Å². The molecule has 1 aromatic carbocycles. The van der Waals surface area contributed by atoms with E-state index in [2.05, 4.69) is 21.2 Å². The van der Waals surface area contributed by atoms with Crippen molar-refractivity contribution in [3.8, 4) is 5.75 Å². The van der Waals surface area contributed by atoms with Gasteiger partial charge in [-0.25, -0.2) is 0 Å². The monoisotopic (exact) mass is 285 g/mol. The average Bonchev–Trinajstić information content (AvgIpc) is 2.30. The summed E-state index contributed by atoms with van der Waals surface area (Å²) in [4.78, 5) is 11.9. The molecule has 3 nitrogen and oxygen atoms in total. The van der Waals surface area contributed by atoms with Crippen molar-refractivity contribution in [3.05, 3.63) is 29.8 Å². The van der Waals surface area contributed by atoms with Gasteiger partial charge in [0.2, 0.25) is 0 Å². The van der Waals surface area contributed by atoms with Crippen molar-refractivity contribution < 1.29 is 9.53 Å². The van der Waals surface area contributed by atoms with E-state index < -0.39 is 0 Å². The maximum absolute atomic E-state index is 11.9. The summed E-state index contributed by atoms with van der Waals surface area (Å²) in [6.45, 7) is 4.39. The number of halogens is 1. The van der Waals surface area contributed by atoms with Gasteiger partial charge in [0.15, 0.2) is 0 Å². The van der Waals surface area contributed by atoms with E-state index in [1.807, 2.05) is 26.0 Å². The summed E-state index contributed by atoms with van der Waals surface area (Å²) in [5.74, 6) is 0.528. The molecule has 4 heteroatoms. The number of hydrogen-bond acceptors (Lipinski definition) is 2. The fourth-order valence-electron chi connectivity index (χ4n) is 1.28. The highest BCUT2D eigenvalue weighted by atomic mass is 79.9. The van der Waals surface area contributed by atoms with Crippen LogP contribution in [0.3, 0.4) is 0 Å². The number of nitrogens with one attached hydrogen (secondary N) is 1. The molecule has 0 aliphatic rings. The Balaban J connectivity index is 2.81. The second kappa shape index (κ2) is 6.53. The van der Waals surface area contributed by atoms with Crippen molar-refractivity contribution in [1.82, 2.24) is 5.32 Å². The smallest absolute Gasteiger partial charge is 0.255 e. The zero-order chi connectivity index (χ0) is 12.0. The number of ether oxygens (including phenoxy) is 1. The fraction of sp³-hybridized carbons (Fsp3) is 0.417. The fourth-order valence-corrected chi connectivity index (χ4v) is 1.44. The van der Waals surface area contributed by atoms with Gasteiger partial charge in [-0.1, -0.05) is 28.1 Å². The van der Waals surface area contributed by atoms with Crippen LogP contribution in [0.25, 0.3) is 0 Å². The molecular formula is C12H16BrNO2. The second-order valence-electron chi connectivity index (χ2n) is 3.46. The molecule has 1 amide bonds. The molecule has 1 N–H and O–H groups in total. The van der Waals surface area contributed by atoms with Crippen LogP contribution in [0, 0.1) is 0 Å². The maximum atomic E-state index is 11.9. The molecular weight excluding hydrogens is 270 g/mol. The van der Waals surface area contributed by atoms with Crippen LogP contribution < -0.4 is 10.1 Å². The van der Waals surface area contributed by atoms with E-state index in [0.29, 0.717) is 17.9 Å².